The van der Waals surface area contributed by atoms with Crippen molar-refractivity contribution in [3.8, 4) is 5.75 Å². The Labute approximate surface area is 178 Å². The molecule has 1 N–H and O–H groups in total. The maximum Gasteiger partial charge on any atom is 0.151 e. The second-order valence-corrected chi connectivity index (χ2v) is 10.5. The molecule has 5 nitrogen and oxygen atoms in total. The molecule has 2 atom stereocenters. The maximum absolute atomic E-state index is 13.2. The van der Waals surface area contributed by atoms with E-state index >= 15 is 0 Å². The average Bonchev–Trinajstić information content (AvgIpc) is 3.07. The van der Waals surface area contributed by atoms with E-state index in [1.165, 1.54) is 17.7 Å². The number of halogens is 1. The highest BCUT2D eigenvalue weighted by molar-refractivity contribution is 7.91. The molecule has 7 heteroatoms. The zero-order valence-electron chi connectivity index (χ0n) is 17.5. The Morgan fingerprint density at radius 3 is 2.37 bits per heavy atom. The van der Waals surface area contributed by atoms with Crippen molar-refractivity contribution in [2.75, 3.05) is 24.7 Å². The molecule has 1 fully saturated rings. The minimum Gasteiger partial charge on any atom is -0.491 e. The fraction of sp³-hybridized carbons (Fsp3) is 0.478. The summed E-state index contributed by atoms with van der Waals surface area (Å²) in [5.41, 5.74) is 2.09. The Balaban J connectivity index is 1.61. The van der Waals surface area contributed by atoms with Crippen LogP contribution in [0.4, 0.5) is 4.39 Å². The molecule has 2 aromatic rings. The molecule has 1 aliphatic heterocycles. The highest BCUT2D eigenvalue weighted by Crippen LogP contribution is 2.22. The van der Waals surface area contributed by atoms with Crippen LogP contribution in [0.5, 0.6) is 5.75 Å². The molecule has 1 heterocycles. The first-order valence-corrected chi connectivity index (χ1v) is 12.1. The van der Waals surface area contributed by atoms with Crippen LogP contribution < -0.4 is 4.74 Å². The van der Waals surface area contributed by atoms with Crippen LogP contribution >= 0.6 is 0 Å². The summed E-state index contributed by atoms with van der Waals surface area (Å²) in [4.78, 5) is 1.97. The van der Waals surface area contributed by atoms with Crippen LogP contribution in [-0.4, -0.2) is 55.2 Å². The standard InChI is InChI=1S/C23H30FNO4S/c1-17(2)19-5-9-23(10-6-19)29-15-22(26)14-25(21-11-12-30(27,28)16-21)13-18-3-7-20(24)8-4-18/h3-10,17,21-22,26H,11-16H2,1-2H3. The van der Waals surface area contributed by atoms with Gasteiger partial charge in [-0.25, -0.2) is 12.8 Å². The molecule has 2 unspecified atom stereocenters. The van der Waals surface area contributed by atoms with E-state index in [0.717, 1.165) is 5.56 Å². The number of rotatable bonds is 9. The SMILES string of the molecule is CC(C)c1ccc(OCC(O)CN(Cc2ccc(F)cc2)C2CCS(=O)(=O)C2)cc1. The van der Waals surface area contributed by atoms with Crippen LogP contribution in [0, 0.1) is 5.82 Å². The van der Waals surface area contributed by atoms with Crippen molar-refractivity contribution in [3.63, 3.8) is 0 Å². The molecule has 0 amide bonds. The number of ether oxygens (including phenoxy) is 1. The minimum absolute atomic E-state index is 0.0818. The van der Waals surface area contributed by atoms with E-state index in [2.05, 4.69) is 13.8 Å². The zero-order chi connectivity index (χ0) is 21.7. The van der Waals surface area contributed by atoms with E-state index in [1.54, 1.807) is 12.1 Å². The smallest absolute Gasteiger partial charge is 0.151 e. The van der Waals surface area contributed by atoms with Gasteiger partial charge in [-0.05, 0) is 47.7 Å². The number of hydrogen-bond donors (Lipinski definition) is 1. The van der Waals surface area contributed by atoms with Crippen molar-refractivity contribution in [2.45, 2.75) is 44.9 Å². The lowest BCUT2D eigenvalue weighted by atomic mass is 10.0. The maximum atomic E-state index is 13.2. The van der Waals surface area contributed by atoms with Gasteiger partial charge in [0.2, 0.25) is 0 Å². The van der Waals surface area contributed by atoms with Crippen LogP contribution in [0.2, 0.25) is 0 Å². The van der Waals surface area contributed by atoms with Gasteiger partial charge in [-0.1, -0.05) is 38.1 Å². The first kappa shape index (κ1) is 22.7. The summed E-state index contributed by atoms with van der Waals surface area (Å²) in [5.74, 6) is 1.05. The fourth-order valence-corrected chi connectivity index (χ4v) is 5.46. The molecular formula is C23H30FNO4S. The molecule has 0 saturated carbocycles. The van der Waals surface area contributed by atoms with Crippen molar-refractivity contribution in [1.29, 1.82) is 0 Å². The summed E-state index contributed by atoms with van der Waals surface area (Å²) in [6, 6.07) is 13.8. The van der Waals surface area contributed by atoms with Crippen LogP contribution in [0.1, 0.15) is 37.3 Å². The topological polar surface area (TPSA) is 66.8 Å². The van der Waals surface area contributed by atoms with Gasteiger partial charge in [-0.15, -0.1) is 0 Å². The van der Waals surface area contributed by atoms with Crippen LogP contribution in [0.25, 0.3) is 0 Å². The molecule has 2 aromatic carbocycles. The molecule has 0 aromatic heterocycles. The van der Waals surface area contributed by atoms with E-state index in [4.69, 9.17) is 4.74 Å². The van der Waals surface area contributed by atoms with Gasteiger partial charge in [-0.3, -0.25) is 4.90 Å². The number of aliphatic hydroxyl groups is 1. The summed E-state index contributed by atoms with van der Waals surface area (Å²) in [6.07, 6.45) is -0.244. The fourth-order valence-electron chi connectivity index (χ4n) is 3.70. The Kier molecular flexibility index (Phi) is 7.50. The van der Waals surface area contributed by atoms with E-state index < -0.39 is 15.9 Å². The molecule has 1 aliphatic rings. The number of sulfone groups is 1. The molecule has 0 spiro atoms. The zero-order valence-corrected chi connectivity index (χ0v) is 18.3. The molecule has 3 rings (SSSR count). The van der Waals surface area contributed by atoms with Gasteiger partial charge in [0.05, 0.1) is 11.5 Å². The molecule has 1 saturated heterocycles. The Morgan fingerprint density at radius 2 is 1.80 bits per heavy atom. The largest absolute Gasteiger partial charge is 0.491 e. The van der Waals surface area contributed by atoms with Gasteiger partial charge in [0.15, 0.2) is 9.84 Å². The van der Waals surface area contributed by atoms with E-state index in [9.17, 15) is 17.9 Å². The van der Waals surface area contributed by atoms with Gasteiger partial charge in [0, 0.05) is 19.1 Å². The third-order valence-electron chi connectivity index (χ3n) is 5.46. The van der Waals surface area contributed by atoms with Crippen LogP contribution in [0.3, 0.4) is 0 Å². The van der Waals surface area contributed by atoms with Crippen molar-refractivity contribution >= 4 is 9.84 Å². The molecule has 0 bridgehead atoms. The lowest BCUT2D eigenvalue weighted by Gasteiger charge is -2.30. The highest BCUT2D eigenvalue weighted by Gasteiger charge is 2.33. The Hall–Kier alpha value is -1.96. The first-order valence-electron chi connectivity index (χ1n) is 10.3. The summed E-state index contributed by atoms with van der Waals surface area (Å²) < 4.78 is 42.8. The van der Waals surface area contributed by atoms with Gasteiger partial charge < -0.3 is 9.84 Å². The molecular weight excluding hydrogens is 405 g/mol. The summed E-state index contributed by atoms with van der Waals surface area (Å²) in [6.45, 7) is 5.08. The van der Waals surface area contributed by atoms with Crippen molar-refractivity contribution < 1.29 is 22.7 Å². The quantitative estimate of drug-likeness (QED) is 0.654. The predicted molar refractivity (Wildman–Crippen MR) is 116 cm³/mol. The average molecular weight is 436 g/mol. The molecule has 30 heavy (non-hydrogen) atoms. The molecule has 0 aliphatic carbocycles. The minimum atomic E-state index is -3.06. The molecule has 0 radical (unpaired) electrons. The normalized spacial score (nSPS) is 19.3. The van der Waals surface area contributed by atoms with Crippen LogP contribution in [-0.2, 0) is 16.4 Å². The van der Waals surface area contributed by atoms with E-state index in [1.807, 2.05) is 29.2 Å². The Morgan fingerprint density at radius 1 is 1.13 bits per heavy atom. The predicted octanol–water partition coefficient (Wildman–Crippen LogP) is 3.38. The van der Waals surface area contributed by atoms with Crippen LogP contribution in [0.15, 0.2) is 48.5 Å². The van der Waals surface area contributed by atoms with E-state index in [-0.39, 0.29) is 36.5 Å². The van der Waals surface area contributed by atoms with Gasteiger partial charge in [0.1, 0.15) is 24.3 Å². The molecule has 164 valence electrons. The number of benzene rings is 2. The van der Waals surface area contributed by atoms with Gasteiger partial charge in [-0.2, -0.15) is 0 Å². The lowest BCUT2D eigenvalue weighted by Crippen LogP contribution is -2.42. The van der Waals surface area contributed by atoms with Crippen molar-refractivity contribution in [1.82, 2.24) is 4.90 Å². The third kappa shape index (κ3) is 6.52. The second-order valence-electron chi connectivity index (χ2n) is 8.30. The first-order chi connectivity index (χ1) is 14.2. The van der Waals surface area contributed by atoms with Crippen molar-refractivity contribution in [3.05, 3.63) is 65.5 Å². The highest BCUT2D eigenvalue weighted by atomic mass is 32.2. The summed E-state index contributed by atoms with van der Waals surface area (Å²) >= 11 is 0. The number of aliphatic hydroxyl groups excluding tert-OH is 1. The van der Waals surface area contributed by atoms with Crippen molar-refractivity contribution in [2.24, 2.45) is 0 Å². The van der Waals surface area contributed by atoms with Gasteiger partial charge >= 0.3 is 0 Å². The van der Waals surface area contributed by atoms with E-state index in [0.29, 0.717) is 24.6 Å². The second kappa shape index (κ2) is 9.90. The van der Waals surface area contributed by atoms with Gasteiger partial charge in [0.25, 0.3) is 0 Å². The summed E-state index contributed by atoms with van der Waals surface area (Å²) in [5, 5.41) is 10.6. The number of nitrogens with zero attached hydrogens (tertiary/aromatic N) is 1. The Bertz CT molecular complexity index is 913. The third-order valence-corrected chi connectivity index (χ3v) is 7.21. The summed E-state index contributed by atoms with van der Waals surface area (Å²) in [7, 11) is -3.06. The lowest BCUT2D eigenvalue weighted by molar-refractivity contribution is 0.0524. The number of hydrogen-bond acceptors (Lipinski definition) is 5. The monoisotopic (exact) mass is 435 g/mol.